The molecule has 1 aliphatic rings. The maximum Gasteiger partial charge on any atom is 0.173 e. The average Bonchev–Trinajstić information content (AvgIpc) is 3.39. The number of para-hydroxylation sites is 1. The molecule has 1 fully saturated rings. The Balaban J connectivity index is 1.45. The van der Waals surface area contributed by atoms with Crippen LogP contribution in [-0.4, -0.2) is 65.5 Å². The van der Waals surface area contributed by atoms with Gasteiger partial charge in [-0.15, -0.1) is 5.10 Å². The largest absolute Gasteiger partial charge is 0.497 e. The Kier molecular flexibility index (Phi) is 7.37. The zero-order chi connectivity index (χ0) is 25.8. The lowest BCUT2D eigenvalue weighted by Crippen LogP contribution is -2.48. The number of ether oxygens (including phenoxy) is 2. The minimum Gasteiger partial charge on any atom is -0.497 e. The van der Waals surface area contributed by atoms with Crippen LogP contribution < -0.4 is 14.4 Å². The van der Waals surface area contributed by atoms with Gasteiger partial charge in [0.2, 0.25) is 0 Å². The Hall–Kier alpha value is -3.91. The molecule has 1 aliphatic heterocycles. The van der Waals surface area contributed by atoms with Gasteiger partial charge >= 0.3 is 0 Å². The first kappa shape index (κ1) is 24.8. The number of methoxy groups -OCH3 is 2. The quantitative estimate of drug-likeness (QED) is 0.359. The van der Waals surface area contributed by atoms with Gasteiger partial charge in [0.1, 0.15) is 17.5 Å². The van der Waals surface area contributed by atoms with Crippen molar-refractivity contribution in [3.63, 3.8) is 0 Å². The summed E-state index contributed by atoms with van der Waals surface area (Å²) in [7, 11) is 3.39. The first-order chi connectivity index (χ1) is 18.1. The summed E-state index contributed by atoms with van der Waals surface area (Å²) in [5, 5.41) is 13.0. The van der Waals surface area contributed by atoms with Crippen LogP contribution in [0, 0.1) is 13.8 Å². The van der Waals surface area contributed by atoms with E-state index in [1.165, 1.54) is 16.8 Å². The molecule has 1 atom stereocenters. The summed E-state index contributed by atoms with van der Waals surface area (Å²) in [5.74, 6) is 2.47. The lowest BCUT2D eigenvalue weighted by molar-refractivity contribution is 0.198. The molecule has 37 heavy (non-hydrogen) atoms. The van der Waals surface area contributed by atoms with E-state index in [4.69, 9.17) is 9.47 Å². The number of nitrogens with zero attached hydrogens (tertiary/aromatic N) is 6. The molecule has 5 rings (SSSR count). The molecule has 4 aromatic rings. The summed E-state index contributed by atoms with van der Waals surface area (Å²) in [6.45, 7) is 8.52. The van der Waals surface area contributed by atoms with Gasteiger partial charge in [-0.1, -0.05) is 42.5 Å². The van der Waals surface area contributed by atoms with Crippen molar-refractivity contribution >= 4 is 5.69 Å². The van der Waals surface area contributed by atoms with Crippen molar-refractivity contribution in [3.8, 4) is 11.5 Å². The van der Waals surface area contributed by atoms with E-state index in [0.29, 0.717) is 6.54 Å². The molecule has 0 amide bonds. The summed E-state index contributed by atoms with van der Waals surface area (Å²) >= 11 is 0. The fourth-order valence-electron chi connectivity index (χ4n) is 5.10. The fraction of sp³-hybridized carbons (Fsp3) is 0.345. The molecule has 1 aromatic heterocycles. The lowest BCUT2D eigenvalue weighted by Gasteiger charge is -2.40. The van der Waals surface area contributed by atoms with E-state index in [1.54, 1.807) is 14.2 Å². The highest BCUT2D eigenvalue weighted by Crippen LogP contribution is 2.35. The van der Waals surface area contributed by atoms with E-state index in [2.05, 4.69) is 69.5 Å². The van der Waals surface area contributed by atoms with Crippen molar-refractivity contribution < 1.29 is 9.47 Å². The molecule has 2 heterocycles. The van der Waals surface area contributed by atoms with E-state index in [0.717, 1.165) is 54.6 Å². The van der Waals surface area contributed by atoms with Gasteiger partial charge in [0.25, 0.3) is 0 Å². The van der Waals surface area contributed by atoms with Crippen molar-refractivity contribution in [1.29, 1.82) is 0 Å². The monoisotopic (exact) mass is 498 g/mol. The Morgan fingerprint density at radius 1 is 0.865 bits per heavy atom. The van der Waals surface area contributed by atoms with Gasteiger partial charge in [-0.3, -0.25) is 4.90 Å². The van der Waals surface area contributed by atoms with E-state index in [9.17, 15) is 0 Å². The SMILES string of the molecule is COc1ccc(Cn2nnnc2[C@H](c2ccccc2OC)N2CCN(c3cc(C)ccc3C)CC2)cc1. The van der Waals surface area contributed by atoms with Crippen LogP contribution in [0.25, 0.3) is 0 Å². The zero-order valence-electron chi connectivity index (χ0n) is 22.0. The summed E-state index contributed by atoms with van der Waals surface area (Å²) in [6.07, 6.45) is 0. The predicted molar refractivity (Wildman–Crippen MR) is 144 cm³/mol. The van der Waals surface area contributed by atoms with Crippen LogP contribution in [0.15, 0.2) is 66.7 Å². The summed E-state index contributed by atoms with van der Waals surface area (Å²) in [6, 6.07) is 22.7. The van der Waals surface area contributed by atoms with Crippen LogP contribution in [0.1, 0.15) is 34.1 Å². The van der Waals surface area contributed by atoms with E-state index >= 15 is 0 Å². The fourth-order valence-corrected chi connectivity index (χ4v) is 5.10. The number of piperazine rings is 1. The standard InChI is InChI=1S/C29H34N6O2/c1-21-9-10-22(2)26(19-21)33-15-17-34(18-16-33)28(25-7-5-6-8-27(25)37-4)29-30-31-32-35(29)20-23-11-13-24(36-3)14-12-23/h5-14,19,28H,15-18,20H2,1-4H3/t28-/m0/s1. The summed E-state index contributed by atoms with van der Waals surface area (Å²) in [4.78, 5) is 4.95. The molecule has 8 nitrogen and oxygen atoms in total. The van der Waals surface area contributed by atoms with Gasteiger partial charge in [-0.25, -0.2) is 4.68 Å². The zero-order valence-corrected chi connectivity index (χ0v) is 22.0. The second kappa shape index (κ2) is 11.0. The molecule has 0 saturated carbocycles. The normalized spacial score (nSPS) is 15.0. The Bertz CT molecular complexity index is 1330. The predicted octanol–water partition coefficient (Wildman–Crippen LogP) is 4.27. The van der Waals surface area contributed by atoms with Crippen LogP contribution >= 0.6 is 0 Å². The van der Waals surface area contributed by atoms with Crippen molar-refractivity contribution in [2.75, 3.05) is 45.3 Å². The molecule has 192 valence electrons. The van der Waals surface area contributed by atoms with Crippen LogP contribution in [0.2, 0.25) is 0 Å². The first-order valence-corrected chi connectivity index (χ1v) is 12.7. The van der Waals surface area contributed by atoms with Crippen LogP contribution in [0.3, 0.4) is 0 Å². The number of tetrazole rings is 1. The van der Waals surface area contributed by atoms with E-state index in [1.807, 2.05) is 41.1 Å². The summed E-state index contributed by atoms with van der Waals surface area (Å²) < 4.78 is 13.0. The average molecular weight is 499 g/mol. The molecule has 0 aliphatic carbocycles. The molecule has 3 aromatic carbocycles. The molecule has 0 radical (unpaired) electrons. The van der Waals surface area contributed by atoms with Gasteiger partial charge in [-0.2, -0.15) is 0 Å². The molecule has 0 spiro atoms. The number of benzene rings is 3. The van der Waals surface area contributed by atoms with Gasteiger partial charge in [0.05, 0.1) is 20.8 Å². The lowest BCUT2D eigenvalue weighted by atomic mass is 10.0. The molecular formula is C29H34N6O2. The van der Waals surface area contributed by atoms with Crippen molar-refractivity contribution in [3.05, 3.63) is 94.8 Å². The number of anilines is 1. The van der Waals surface area contributed by atoms with Gasteiger partial charge < -0.3 is 14.4 Å². The maximum absolute atomic E-state index is 5.79. The number of aryl methyl sites for hydroxylation is 2. The highest BCUT2D eigenvalue weighted by molar-refractivity contribution is 5.55. The summed E-state index contributed by atoms with van der Waals surface area (Å²) in [5.41, 5.74) is 6.08. The second-order valence-corrected chi connectivity index (χ2v) is 9.50. The topological polar surface area (TPSA) is 68.5 Å². The molecular weight excluding hydrogens is 464 g/mol. The number of hydrogen-bond donors (Lipinski definition) is 0. The molecule has 8 heteroatoms. The third kappa shape index (κ3) is 5.29. The van der Waals surface area contributed by atoms with Gasteiger partial charge in [-0.05, 0) is 65.2 Å². The van der Waals surface area contributed by atoms with Crippen molar-refractivity contribution in [1.82, 2.24) is 25.1 Å². The molecule has 0 bridgehead atoms. The molecule has 0 unspecified atom stereocenters. The van der Waals surface area contributed by atoms with Crippen LogP contribution in [0.4, 0.5) is 5.69 Å². The minimum atomic E-state index is -0.134. The first-order valence-electron chi connectivity index (χ1n) is 12.7. The smallest absolute Gasteiger partial charge is 0.173 e. The van der Waals surface area contributed by atoms with Gasteiger partial charge in [0.15, 0.2) is 5.82 Å². The van der Waals surface area contributed by atoms with Crippen molar-refractivity contribution in [2.24, 2.45) is 0 Å². The third-order valence-electron chi connectivity index (χ3n) is 7.11. The highest BCUT2D eigenvalue weighted by atomic mass is 16.5. The Labute approximate surface area is 218 Å². The number of rotatable bonds is 8. The number of aromatic nitrogens is 4. The molecule has 1 saturated heterocycles. The van der Waals surface area contributed by atoms with Crippen molar-refractivity contribution in [2.45, 2.75) is 26.4 Å². The number of hydrogen-bond acceptors (Lipinski definition) is 7. The maximum atomic E-state index is 5.79. The Morgan fingerprint density at radius 3 is 2.35 bits per heavy atom. The van der Waals surface area contributed by atoms with Gasteiger partial charge in [0, 0.05) is 37.4 Å². The minimum absolute atomic E-state index is 0.134. The third-order valence-corrected chi connectivity index (χ3v) is 7.11. The molecule has 0 N–H and O–H groups in total. The van der Waals surface area contributed by atoms with Crippen LogP contribution in [-0.2, 0) is 6.54 Å². The highest BCUT2D eigenvalue weighted by Gasteiger charge is 2.32. The van der Waals surface area contributed by atoms with Crippen LogP contribution in [0.5, 0.6) is 11.5 Å². The van der Waals surface area contributed by atoms with E-state index < -0.39 is 0 Å². The Morgan fingerprint density at radius 2 is 1.62 bits per heavy atom. The second-order valence-electron chi connectivity index (χ2n) is 9.50. The van der Waals surface area contributed by atoms with E-state index in [-0.39, 0.29) is 6.04 Å².